The summed E-state index contributed by atoms with van der Waals surface area (Å²) in [5.74, 6) is 0.134. The predicted octanol–water partition coefficient (Wildman–Crippen LogP) is 4.90. The summed E-state index contributed by atoms with van der Waals surface area (Å²) >= 11 is 1.52. The van der Waals surface area contributed by atoms with Crippen molar-refractivity contribution in [3.05, 3.63) is 34.7 Å². The van der Waals surface area contributed by atoms with Crippen LogP contribution in [0.4, 0.5) is 5.13 Å². The van der Waals surface area contributed by atoms with E-state index in [9.17, 15) is 9.59 Å². The molecule has 156 valence electrons. The van der Waals surface area contributed by atoms with Gasteiger partial charge in [-0.1, -0.05) is 51.5 Å². The van der Waals surface area contributed by atoms with Crippen molar-refractivity contribution in [2.75, 3.05) is 18.4 Å². The second kappa shape index (κ2) is 9.53. The number of benzene rings is 1. The molecule has 0 bridgehead atoms. The van der Waals surface area contributed by atoms with Crippen LogP contribution in [-0.2, 0) is 16.0 Å². The fraction of sp³-hybridized carbons (Fsp3) is 0.522. The maximum Gasteiger partial charge on any atom is 0.229 e. The van der Waals surface area contributed by atoms with Crippen molar-refractivity contribution < 1.29 is 9.59 Å². The minimum atomic E-state index is -0.0628. The fourth-order valence-corrected chi connectivity index (χ4v) is 4.61. The third kappa shape index (κ3) is 5.24. The number of aryl methyl sites for hydroxylation is 2. The second-order valence-electron chi connectivity index (χ2n) is 8.11. The van der Waals surface area contributed by atoms with Gasteiger partial charge in [-0.05, 0) is 31.7 Å². The Kier molecular flexibility index (Phi) is 7.06. The first-order valence-corrected chi connectivity index (χ1v) is 11.4. The van der Waals surface area contributed by atoms with Gasteiger partial charge in [-0.3, -0.25) is 9.59 Å². The molecule has 0 saturated carbocycles. The highest BCUT2D eigenvalue weighted by molar-refractivity contribution is 7.16. The van der Waals surface area contributed by atoms with Crippen LogP contribution in [0.15, 0.2) is 24.3 Å². The van der Waals surface area contributed by atoms with Crippen molar-refractivity contribution in [1.29, 1.82) is 0 Å². The summed E-state index contributed by atoms with van der Waals surface area (Å²) in [7, 11) is 0. The average Bonchev–Trinajstić information content (AvgIpc) is 3.08. The lowest BCUT2D eigenvalue weighted by atomic mass is 9.95. The van der Waals surface area contributed by atoms with Crippen molar-refractivity contribution in [3.8, 4) is 11.3 Å². The van der Waals surface area contributed by atoms with Crippen LogP contribution in [-0.4, -0.2) is 34.8 Å². The van der Waals surface area contributed by atoms with E-state index in [1.54, 1.807) is 0 Å². The molecule has 1 fully saturated rings. The Morgan fingerprint density at radius 3 is 2.45 bits per heavy atom. The van der Waals surface area contributed by atoms with Crippen LogP contribution in [0.1, 0.15) is 50.5 Å². The standard InChI is InChI=1S/C23H31N3O2S/c1-5-6-17-7-9-18(10-8-17)20-16(4)29-23(24-20)25-21(27)19-11-13-26(14-12-19)22(28)15(2)3/h7-10,15,19H,5-6,11-14H2,1-4H3,(H,24,25,27). The molecular formula is C23H31N3O2S. The molecule has 0 spiro atoms. The molecule has 1 aromatic heterocycles. The molecule has 2 heterocycles. The van der Waals surface area contributed by atoms with Crippen LogP contribution in [0.25, 0.3) is 11.3 Å². The van der Waals surface area contributed by atoms with Gasteiger partial charge in [0.2, 0.25) is 11.8 Å². The number of piperidine rings is 1. The van der Waals surface area contributed by atoms with Crippen LogP contribution in [0, 0.1) is 18.8 Å². The molecule has 0 radical (unpaired) electrons. The average molecular weight is 414 g/mol. The van der Waals surface area contributed by atoms with E-state index in [0.29, 0.717) is 31.1 Å². The number of carbonyl (C=O) groups is 2. The number of rotatable bonds is 6. The third-order valence-electron chi connectivity index (χ3n) is 5.46. The summed E-state index contributed by atoms with van der Waals surface area (Å²) in [6, 6.07) is 8.53. The number of hydrogen-bond acceptors (Lipinski definition) is 4. The van der Waals surface area contributed by atoms with Gasteiger partial charge in [0.25, 0.3) is 0 Å². The van der Waals surface area contributed by atoms with E-state index in [0.717, 1.165) is 29.0 Å². The molecule has 2 aromatic rings. The van der Waals surface area contributed by atoms with Gasteiger partial charge in [-0.2, -0.15) is 0 Å². The number of aromatic nitrogens is 1. The number of anilines is 1. The summed E-state index contributed by atoms with van der Waals surface area (Å²) in [6.45, 7) is 9.36. The van der Waals surface area contributed by atoms with Crippen LogP contribution in [0.3, 0.4) is 0 Å². The number of hydrogen-bond donors (Lipinski definition) is 1. The molecule has 5 nitrogen and oxygen atoms in total. The van der Waals surface area contributed by atoms with Gasteiger partial charge in [-0.25, -0.2) is 4.98 Å². The predicted molar refractivity (Wildman–Crippen MR) is 119 cm³/mol. The summed E-state index contributed by atoms with van der Waals surface area (Å²) in [6.07, 6.45) is 3.63. The number of carbonyl (C=O) groups excluding carboxylic acids is 2. The van der Waals surface area contributed by atoms with Gasteiger partial charge in [0.1, 0.15) is 0 Å². The lowest BCUT2D eigenvalue weighted by Crippen LogP contribution is -2.43. The molecule has 6 heteroatoms. The van der Waals surface area contributed by atoms with Crippen LogP contribution >= 0.6 is 11.3 Å². The van der Waals surface area contributed by atoms with E-state index < -0.39 is 0 Å². The van der Waals surface area contributed by atoms with Gasteiger partial charge < -0.3 is 10.2 Å². The molecule has 29 heavy (non-hydrogen) atoms. The Morgan fingerprint density at radius 2 is 1.86 bits per heavy atom. The molecule has 1 aliphatic heterocycles. The molecule has 3 rings (SSSR count). The monoisotopic (exact) mass is 413 g/mol. The SMILES string of the molecule is CCCc1ccc(-c2nc(NC(=O)C3CCN(C(=O)C(C)C)CC3)sc2C)cc1. The quantitative estimate of drug-likeness (QED) is 0.732. The zero-order valence-electron chi connectivity index (χ0n) is 17.8. The molecule has 1 N–H and O–H groups in total. The van der Waals surface area contributed by atoms with Gasteiger partial charge in [0.05, 0.1) is 5.69 Å². The maximum absolute atomic E-state index is 12.7. The Morgan fingerprint density at radius 1 is 1.21 bits per heavy atom. The van der Waals surface area contributed by atoms with Crippen LogP contribution in [0.5, 0.6) is 0 Å². The molecule has 0 aliphatic carbocycles. The van der Waals surface area contributed by atoms with Crippen molar-refractivity contribution in [3.63, 3.8) is 0 Å². The molecule has 1 aromatic carbocycles. The van der Waals surface area contributed by atoms with Crippen molar-refractivity contribution in [1.82, 2.24) is 9.88 Å². The van der Waals surface area contributed by atoms with E-state index in [-0.39, 0.29) is 23.7 Å². The summed E-state index contributed by atoms with van der Waals surface area (Å²) < 4.78 is 0. The Labute approximate surface area is 177 Å². The van der Waals surface area contributed by atoms with Gasteiger partial charge in [0, 0.05) is 35.4 Å². The highest BCUT2D eigenvalue weighted by atomic mass is 32.1. The highest BCUT2D eigenvalue weighted by Crippen LogP contribution is 2.31. The van der Waals surface area contributed by atoms with E-state index in [2.05, 4.69) is 41.5 Å². The minimum absolute atomic E-state index is 0.00753. The van der Waals surface area contributed by atoms with Gasteiger partial charge >= 0.3 is 0 Å². The van der Waals surface area contributed by atoms with Crippen molar-refractivity contribution in [2.24, 2.45) is 11.8 Å². The van der Waals surface area contributed by atoms with E-state index in [1.807, 2.05) is 25.7 Å². The summed E-state index contributed by atoms with van der Waals surface area (Å²) in [4.78, 5) is 32.5. The highest BCUT2D eigenvalue weighted by Gasteiger charge is 2.28. The molecular weight excluding hydrogens is 382 g/mol. The van der Waals surface area contributed by atoms with E-state index in [1.165, 1.54) is 16.9 Å². The van der Waals surface area contributed by atoms with Crippen molar-refractivity contribution >= 4 is 28.3 Å². The summed E-state index contributed by atoms with van der Waals surface area (Å²) in [5, 5.41) is 3.66. The molecule has 1 saturated heterocycles. The first-order valence-electron chi connectivity index (χ1n) is 10.6. The Balaban J connectivity index is 1.60. The number of likely N-dealkylation sites (tertiary alicyclic amines) is 1. The first-order chi connectivity index (χ1) is 13.9. The number of thiazole rings is 1. The largest absolute Gasteiger partial charge is 0.342 e. The fourth-order valence-electron chi connectivity index (χ4n) is 3.77. The second-order valence-corrected chi connectivity index (χ2v) is 9.32. The van der Waals surface area contributed by atoms with Gasteiger partial charge in [-0.15, -0.1) is 11.3 Å². The Bertz CT molecular complexity index is 850. The maximum atomic E-state index is 12.7. The topological polar surface area (TPSA) is 62.3 Å². The van der Waals surface area contributed by atoms with Crippen molar-refractivity contribution in [2.45, 2.75) is 53.4 Å². The van der Waals surface area contributed by atoms with Crippen LogP contribution in [0.2, 0.25) is 0 Å². The zero-order chi connectivity index (χ0) is 21.0. The molecule has 0 unspecified atom stereocenters. The van der Waals surface area contributed by atoms with E-state index in [4.69, 9.17) is 0 Å². The normalized spacial score (nSPS) is 15.0. The lowest BCUT2D eigenvalue weighted by molar-refractivity contribution is -0.137. The zero-order valence-corrected chi connectivity index (χ0v) is 18.6. The third-order valence-corrected chi connectivity index (χ3v) is 6.35. The first kappa shape index (κ1) is 21.5. The minimum Gasteiger partial charge on any atom is -0.342 e. The Hall–Kier alpha value is -2.21. The lowest BCUT2D eigenvalue weighted by Gasteiger charge is -2.32. The molecule has 0 atom stereocenters. The number of amides is 2. The van der Waals surface area contributed by atoms with E-state index >= 15 is 0 Å². The molecule has 1 aliphatic rings. The van der Waals surface area contributed by atoms with Gasteiger partial charge in [0.15, 0.2) is 5.13 Å². The number of nitrogens with one attached hydrogen (secondary N) is 1. The smallest absolute Gasteiger partial charge is 0.229 e. The summed E-state index contributed by atoms with van der Waals surface area (Å²) in [5.41, 5.74) is 3.35. The van der Waals surface area contributed by atoms with Crippen LogP contribution < -0.4 is 5.32 Å². The molecule has 2 amide bonds. The number of nitrogens with zero attached hydrogens (tertiary/aromatic N) is 2.